The number of hydrogen-bond acceptors (Lipinski definition) is 4. The second-order valence-electron chi connectivity index (χ2n) is 7.99. The van der Waals surface area contributed by atoms with Crippen LogP contribution in [0.1, 0.15) is 21.5 Å². The number of fused-ring (bicyclic) bond motifs is 1. The second-order valence-corrected chi connectivity index (χ2v) is 7.99. The van der Waals surface area contributed by atoms with E-state index in [1.807, 2.05) is 86.8 Å². The fourth-order valence-electron chi connectivity index (χ4n) is 3.71. The maximum Gasteiger partial charge on any atom is 0.255 e. The van der Waals surface area contributed by atoms with E-state index >= 15 is 0 Å². The molecule has 0 atom stereocenters. The normalized spacial score (nSPS) is 10.8. The van der Waals surface area contributed by atoms with Crippen LogP contribution >= 0.6 is 0 Å². The number of carbonyl (C=O) groups excluding carboxylic acids is 1. The molecule has 2 heterocycles. The summed E-state index contributed by atoms with van der Waals surface area (Å²) < 4.78 is 0. The molecule has 0 aliphatic carbocycles. The highest BCUT2D eigenvalue weighted by molar-refractivity contribution is 6.05. The molecule has 6 heteroatoms. The number of benzene rings is 3. The van der Waals surface area contributed by atoms with Crippen molar-refractivity contribution in [3.05, 3.63) is 102 Å². The van der Waals surface area contributed by atoms with Gasteiger partial charge in [-0.3, -0.25) is 4.79 Å². The van der Waals surface area contributed by atoms with Gasteiger partial charge < -0.3 is 15.6 Å². The Morgan fingerprint density at radius 1 is 0.939 bits per heavy atom. The first-order valence-electron chi connectivity index (χ1n) is 10.7. The molecule has 0 aliphatic heterocycles. The molecule has 0 fully saturated rings. The van der Waals surface area contributed by atoms with Crippen LogP contribution in [0.15, 0.2) is 85.2 Å². The Balaban J connectivity index is 1.40. The monoisotopic (exact) mass is 433 g/mol. The van der Waals surface area contributed by atoms with Crippen LogP contribution in [0.4, 0.5) is 17.3 Å². The van der Waals surface area contributed by atoms with Gasteiger partial charge in [0, 0.05) is 45.8 Å². The van der Waals surface area contributed by atoms with E-state index in [1.165, 1.54) is 0 Å². The number of nitrogens with zero attached hydrogens (tertiary/aromatic N) is 2. The molecule has 33 heavy (non-hydrogen) atoms. The summed E-state index contributed by atoms with van der Waals surface area (Å²) in [6.07, 6.45) is 3.69. The van der Waals surface area contributed by atoms with Crippen molar-refractivity contribution in [2.75, 3.05) is 10.6 Å². The number of carbonyl (C=O) groups is 1. The number of nitrogens with one attached hydrogen (secondary N) is 3. The van der Waals surface area contributed by atoms with Crippen LogP contribution in [-0.2, 0) is 0 Å². The largest absolute Gasteiger partial charge is 0.360 e. The molecule has 0 spiro atoms. The summed E-state index contributed by atoms with van der Waals surface area (Å²) in [5.41, 5.74) is 7.11. The van der Waals surface area contributed by atoms with Crippen molar-refractivity contribution in [2.45, 2.75) is 13.8 Å². The van der Waals surface area contributed by atoms with Gasteiger partial charge in [0.15, 0.2) is 0 Å². The van der Waals surface area contributed by atoms with E-state index in [-0.39, 0.29) is 5.91 Å². The van der Waals surface area contributed by atoms with Gasteiger partial charge in [-0.25, -0.2) is 9.97 Å². The molecule has 3 N–H and O–H groups in total. The van der Waals surface area contributed by atoms with Crippen molar-refractivity contribution >= 4 is 34.1 Å². The minimum Gasteiger partial charge on any atom is -0.360 e. The van der Waals surface area contributed by atoms with Gasteiger partial charge in [0.25, 0.3) is 5.91 Å². The molecule has 1 amide bonds. The van der Waals surface area contributed by atoms with Crippen molar-refractivity contribution < 1.29 is 4.79 Å². The molecule has 162 valence electrons. The third-order valence-electron chi connectivity index (χ3n) is 5.58. The molecule has 2 aromatic heterocycles. The molecule has 3 aromatic carbocycles. The van der Waals surface area contributed by atoms with Crippen molar-refractivity contribution in [3.63, 3.8) is 0 Å². The van der Waals surface area contributed by atoms with Gasteiger partial charge in [-0.2, -0.15) is 0 Å². The third kappa shape index (κ3) is 4.32. The van der Waals surface area contributed by atoms with Crippen molar-refractivity contribution in [1.29, 1.82) is 0 Å². The average molecular weight is 434 g/mol. The number of aromatic nitrogens is 3. The highest BCUT2D eigenvalue weighted by Crippen LogP contribution is 2.28. The number of aromatic amines is 1. The number of hydrogen-bond donors (Lipinski definition) is 3. The molecule has 0 bridgehead atoms. The van der Waals surface area contributed by atoms with Crippen LogP contribution in [0.2, 0.25) is 0 Å². The molecule has 0 saturated carbocycles. The Kier molecular flexibility index (Phi) is 5.32. The van der Waals surface area contributed by atoms with E-state index < -0.39 is 0 Å². The zero-order valence-electron chi connectivity index (χ0n) is 18.4. The average Bonchev–Trinajstić information content (AvgIpc) is 3.26. The van der Waals surface area contributed by atoms with Crippen LogP contribution in [0, 0.1) is 13.8 Å². The lowest BCUT2D eigenvalue weighted by Crippen LogP contribution is -2.12. The lowest BCUT2D eigenvalue weighted by molar-refractivity contribution is 0.102. The summed E-state index contributed by atoms with van der Waals surface area (Å²) >= 11 is 0. The summed E-state index contributed by atoms with van der Waals surface area (Å²) in [5, 5.41) is 7.32. The number of amides is 1. The summed E-state index contributed by atoms with van der Waals surface area (Å²) in [5.74, 6) is 0.298. The van der Waals surface area contributed by atoms with E-state index in [9.17, 15) is 4.79 Å². The maximum atomic E-state index is 12.8. The highest BCUT2D eigenvalue weighted by Gasteiger charge is 2.12. The summed E-state index contributed by atoms with van der Waals surface area (Å²) in [4.78, 5) is 25.2. The number of anilines is 3. The summed E-state index contributed by atoms with van der Waals surface area (Å²) in [6, 6.07) is 23.3. The first-order chi connectivity index (χ1) is 16.1. The van der Waals surface area contributed by atoms with Crippen LogP contribution in [0.25, 0.3) is 22.2 Å². The highest BCUT2D eigenvalue weighted by atomic mass is 16.1. The molecular weight excluding hydrogens is 410 g/mol. The zero-order chi connectivity index (χ0) is 22.8. The number of H-pyrrole nitrogens is 1. The van der Waals surface area contributed by atoms with Gasteiger partial charge >= 0.3 is 0 Å². The Bertz CT molecular complexity index is 1450. The van der Waals surface area contributed by atoms with E-state index in [4.69, 9.17) is 4.98 Å². The van der Waals surface area contributed by atoms with Crippen LogP contribution in [-0.4, -0.2) is 20.9 Å². The minimum absolute atomic E-state index is 0.171. The van der Waals surface area contributed by atoms with Gasteiger partial charge in [0.1, 0.15) is 0 Å². The Morgan fingerprint density at radius 3 is 2.61 bits per heavy atom. The SMILES string of the molecule is Cc1ccc(NC(=O)c2ccc(C)c(Nc3nccc(-c4c[nH]c5ccccc45)n3)c2)cc1. The van der Waals surface area contributed by atoms with Crippen LogP contribution < -0.4 is 10.6 Å². The fourth-order valence-corrected chi connectivity index (χ4v) is 3.71. The Morgan fingerprint density at radius 2 is 1.76 bits per heavy atom. The molecule has 0 radical (unpaired) electrons. The standard InChI is InChI=1S/C27H23N5O/c1-17-7-11-20(12-8-17)30-26(33)19-10-9-18(2)25(15-19)32-27-28-14-13-24(31-27)22-16-29-23-6-4-3-5-21(22)23/h3-16,29H,1-2H3,(H,30,33)(H,28,31,32). The molecule has 0 unspecified atom stereocenters. The van der Waals surface area contributed by atoms with Crippen molar-refractivity contribution in [3.8, 4) is 11.3 Å². The van der Waals surface area contributed by atoms with Gasteiger partial charge in [-0.1, -0.05) is 42.0 Å². The number of aryl methyl sites for hydroxylation is 2. The number of rotatable bonds is 5. The van der Waals surface area contributed by atoms with E-state index in [0.29, 0.717) is 11.5 Å². The summed E-state index contributed by atoms with van der Waals surface area (Å²) in [7, 11) is 0. The summed E-state index contributed by atoms with van der Waals surface area (Å²) in [6.45, 7) is 3.99. The fraction of sp³-hybridized carbons (Fsp3) is 0.0741. The Hall–Kier alpha value is -4.45. The Labute approximate surface area is 191 Å². The topological polar surface area (TPSA) is 82.7 Å². The van der Waals surface area contributed by atoms with Gasteiger partial charge in [-0.15, -0.1) is 0 Å². The predicted octanol–water partition coefficient (Wildman–Crippen LogP) is 6.24. The molecule has 0 aliphatic rings. The lowest BCUT2D eigenvalue weighted by atomic mass is 10.1. The molecular formula is C27H23N5O. The molecule has 5 rings (SSSR count). The quantitative estimate of drug-likeness (QED) is 0.306. The minimum atomic E-state index is -0.171. The van der Waals surface area contributed by atoms with Crippen LogP contribution in [0.5, 0.6) is 0 Å². The molecule has 5 aromatic rings. The van der Waals surface area contributed by atoms with Crippen LogP contribution in [0.3, 0.4) is 0 Å². The van der Waals surface area contributed by atoms with Crippen molar-refractivity contribution in [1.82, 2.24) is 15.0 Å². The van der Waals surface area contributed by atoms with E-state index in [1.54, 1.807) is 6.20 Å². The maximum absolute atomic E-state index is 12.8. The van der Waals surface area contributed by atoms with Gasteiger partial charge in [0.05, 0.1) is 5.69 Å². The zero-order valence-corrected chi connectivity index (χ0v) is 18.4. The predicted molar refractivity (Wildman–Crippen MR) is 133 cm³/mol. The van der Waals surface area contributed by atoms with Crippen molar-refractivity contribution in [2.24, 2.45) is 0 Å². The van der Waals surface area contributed by atoms with E-state index in [0.717, 1.165) is 44.7 Å². The molecule has 6 nitrogen and oxygen atoms in total. The lowest BCUT2D eigenvalue weighted by Gasteiger charge is -2.12. The molecule has 0 saturated heterocycles. The van der Waals surface area contributed by atoms with Gasteiger partial charge in [0.2, 0.25) is 5.95 Å². The first-order valence-corrected chi connectivity index (χ1v) is 10.7. The third-order valence-corrected chi connectivity index (χ3v) is 5.58. The van der Waals surface area contributed by atoms with E-state index in [2.05, 4.69) is 26.7 Å². The smallest absolute Gasteiger partial charge is 0.255 e. The van der Waals surface area contributed by atoms with Gasteiger partial charge in [-0.05, 0) is 55.8 Å². The second kappa shape index (κ2) is 8.59. The first kappa shape index (κ1) is 20.5. The number of para-hydroxylation sites is 1.